The number of carboxylic acids is 1. The molecule has 2 N–H and O–H groups in total. The zero-order valence-electron chi connectivity index (χ0n) is 9.85. The second-order valence-electron chi connectivity index (χ2n) is 3.75. The van der Waals surface area contributed by atoms with Gasteiger partial charge in [-0.15, -0.1) is 0 Å². The summed E-state index contributed by atoms with van der Waals surface area (Å²) in [4.78, 5) is 30.6. The highest BCUT2D eigenvalue weighted by Gasteiger charge is 2.22. The average Bonchev–Trinajstić information content (AvgIpc) is 2.46. The van der Waals surface area contributed by atoms with Crippen LogP contribution in [0.25, 0.3) is 0 Å². The van der Waals surface area contributed by atoms with Crippen LogP contribution < -0.4 is 5.32 Å². The molecule has 1 heterocycles. The summed E-state index contributed by atoms with van der Waals surface area (Å²) >= 11 is 0. The molecule has 6 heteroatoms. The fourth-order valence-corrected chi connectivity index (χ4v) is 1.55. The van der Waals surface area contributed by atoms with Gasteiger partial charge < -0.3 is 10.4 Å². The van der Waals surface area contributed by atoms with E-state index in [0.717, 1.165) is 0 Å². The minimum absolute atomic E-state index is 0.0738. The summed E-state index contributed by atoms with van der Waals surface area (Å²) in [6, 6.07) is 7.34. The van der Waals surface area contributed by atoms with Crippen molar-refractivity contribution in [3.63, 3.8) is 0 Å². The summed E-state index contributed by atoms with van der Waals surface area (Å²) < 4.78 is 0. The number of carbonyl (C=O) groups excluding carboxylic acids is 1. The van der Waals surface area contributed by atoms with Gasteiger partial charge in [0.1, 0.15) is 5.69 Å². The maximum absolute atomic E-state index is 11.9. The van der Waals surface area contributed by atoms with Crippen LogP contribution in [0.1, 0.15) is 22.1 Å². The minimum atomic E-state index is -1.14. The van der Waals surface area contributed by atoms with E-state index in [9.17, 15) is 14.7 Å². The number of hydrogen-bond donors (Lipinski definition) is 2. The van der Waals surface area contributed by atoms with Gasteiger partial charge in [0.25, 0.3) is 5.91 Å². The molecule has 1 amide bonds. The van der Waals surface area contributed by atoms with Crippen LogP contribution in [0.15, 0.2) is 48.9 Å². The van der Waals surface area contributed by atoms with Crippen molar-refractivity contribution in [1.82, 2.24) is 15.3 Å². The Bertz CT molecular complexity index is 572. The van der Waals surface area contributed by atoms with E-state index in [1.807, 2.05) is 0 Å². The Morgan fingerprint density at radius 3 is 2.47 bits per heavy atom. The first-order chi connectivity index (χ1) is 9.18. The van der Waals surface area contributed by atoms with Crippen LogP contribution >= 0.6 is 0 Å². The average molecular weight is 257 g/mol. The maximum Gasteiger partial charge on any atom is 0.330 e. The molecule has 1 atom stereocenters. The van der Waals surface area contributed by atoms with Gasteiger partial charge in [-0.1, -0.05) is 30.3 Å². The van der Waals surface area contributed by atoms with Crippen molar-refractivity contribution in [1.29, 1.82) is 0 Å². The van der Waals surface area contributed by atoms with Crippen LogP contribution in [0.4, 0.5) is 0 Å². The van der Waals surface area contributed by atoms with Gasteiger partial charge >= 0.3 is 5.97 Å². The molecule has 96 valence electrons. The molecule has 2 rings (SSSR count). The van der Waals surface area contributed by atoms with Gasteiger partial charge in [-0.3, -0.25) is 9.78 Å². The van der Waals surface area contributed by atoms with Gasteiger partial charge in [-0.05, 0) is 5.56 Å². The molecule has 19 heavy (non-hydrogen) atoms. The lowest BCUT2D eigenvalue weighted by Gasteiger charge is -2.14. The fourth-order valence-electron chi connectivity index (χ4n) is 1.55. The van der Waals surface area contributed by atoms with Crippen LogP contribution in [-0.2, 0) is 4.79 Å². The standard InChI is InChI=1S/C13H11N3O3/c17-12(10-8-14-6-7-15-10)16-11(13(18)19)9-4-2-1-3-5-9/h1-8,11H,(H,16,17)(H,18,19)/t11-/m0/s1. The number of carbonyl (C=O) groups is 2. The van der Waals surface area contributed by atoms with Gasteiger partial charge in [-0.25, -0.2) is 9.78 Å². The van der Waals surface area contributed by atoms with Crippen molar-refractivity contribution in [3.8, 4) is 0 Å². The normalized spacial score (nSPS) is 11.6. The summed E-state index contributed by atoms with van der Waals surface area (Å²) in [5, 5.41) is 11.6. The topological polar surface area (TPSA) is 92.2 Å². The smallest absolute Gasteiger partial charge is 0.330 e. The van der Waals surface area contributed by atoms with Crippen molar-refractivity contribution < 1.29 is 14.7 Å². The highest BCUT2D eigenvalue weighted by molar-refractivity contribution is 5.94. The van der Waals surface area contributed by atoms with E-state index in [2.05, 4.69) is 15.3 Å². The predicted octanol–water partition coefficient (Wildman–Crippen LogP) is 1.03. The molecule has 0 bridgehead atoms. The Morgan fingerprint density at radius 2 is 1.89 bits per heavy atom. The van der Waals surface area contributed by atoms with Crippen LogP contribution in [0.3, 0.4) is 0 Å². The number of nitrogens with zero attached hydrogens (tertiary/aromatic N) is 2. The van der Waals surface area contributed by atoms with E-state index in [1.165, 1.54) is 18.6 Å². The van der Waals surface area contributed by atoms with Gasteiger partial charge in [0.05, 0.1) is 6.20 Å². The van der Waals surface area contributed by atoms with Crippen molar-refractivity contribution in [2.75, 3.05) is 0 Å². The largest absolute Gasteiger partial charge is 0.479 e. The second-order valence-corrected chi connectivity index (χ2v) is 3.75. The van der Waals surface area contributed by atoms with Gasteiger partial charge in [0, 0.05) is 12.4 Å². The lowest BCUT2D eigenvalue weighted by molar-refractivity contribution is -0.139. The first-order valence-corrected chi connectivity index (χ1v) is 5.53. The first-order valence-electron chi connectivity index (χ1n) is 5.53. The molecule has 0 saturated heterocycles. The highest BCUT2D eigenvalue weighted by atomic mass is 16.4. The summed E-state index contributed by atoms with van der Waals surface area (Å²) in [6.45, 7) is 0. The van der Waals surface area contributed by atoms with Crippen LogP contribution in [0.5, 0.6) is 0 Å². The molecule has 0 fully saturated rings. The quantitative estimate of drug-likeness (QED) is 0.853. The van der Waals surface area contributed by atoms with Crippen molar-refractivity contribution in [2.45, 2.75) is 6.04 Å². The zero-order valence-corrected chi connectivity index (χ0v) is 9.85. The van der Waals surface area contributed by atoms with Gasteiger partial charge in [0.2, 0.25) is 0 Å². The summed E-state index contributed by atoms with van der Waals surface area (Å²) in [7, 11) is 0. The van der Waals surface area contributed by atoms with E-state index in [1.54, 1.807) is 30.3 Å². The molecular weight excluding hydrogens is 246 g/mol. The van der Waals surface area contributed by atoms with Crippen molar-refractivity contribution >= 4 is 11.9 Å². The number of hydrogen-bond acceptors (Lipinski definition) is 4. The molecule has 0 aliphatic carbocycles. The molecule has 0 aliphatic rings. The lowest BCUT2D eigenvalue weighted by Crippen LogP contribution is -2.34. The molecule has 0 aliphatic heterocycles. The molecule has 0 unspecified atom stereocenters. The second kappa shape index (κ2) is 5.72. The molecule has 6 nitrogen and oxygen atoms in total. The van der Waals surface area contributed by atoms with E-state index in [-0.39, 0.29) is 5.69 Å². The lowest BCUT2D eigenvalue weighted by atomic mass is 10.1. The number of nitrogens with one attached hydrogen (secondary N) is 1. The molecule has 1 aromatic heterocycles. The maximum atomic E-state index is 11.9. The first kappa shape index (κ1) is 12.7. The third kappa shape index (κ3) is 3.12. The summed E-state index contributed by atoms with van der Waals surface area (Å²) in [6.07, 6.45) is 4.08. The highest BCUT2D eigenvalue weighted by Crippen LogP contribution is 2.13. The number of aliphatic carboxylic acids is 1. The Morgan fingerprint density at radius 1 is 1.16 bits per heavy atom. The molecule has 0 saturated carbocycles. The molecule has 0 radical (unpaired) electrons. The van der Waals surface area contributed by atoms with Crippen LogP contribution in [0.2, 0.25) is 0 Å². The number of benzene rings is 1. The number of rotatable bonds is 4. The Balaban J connectivity index is 2.19. The van der Waals surface area contributed by atoms with E-state index >= 15 is 0 Å². The van der Waals surface area contributed by atoms with Crippen LogP contribution in [0, 0.1) is 0 Å². The Kier molecular flexibility index (Phi) is 3.82. The number of aromatic nitrogens is 2. The molecule has 1 aromatic carbocycles. The summed E-state index contributed by atoms with van der Waals surface area (Å²) in [5.41, 5.74) is 0.567. The Labute approximate surface area is 109 Å². The van der Waals surface area contributed by atoms with Crippen molar-refractivity contribution in [2.24, 2.45) is 0 Å². The Hall–Kier alpha value is -2.76. The third-order valence-corrected chi connectivity index (χ3v) is 2.45. The van der Waals surface area contributed by atoms with E-state index in [4.69, 9.17) is 0 Å². The third-order valence-electron chi connectivity index (χ3n) is 2.45. The van der Waals surface area contributed by atoms with E-state index in [0.29, 0.717) is 5.56 Å². The SMILES string of the molecule is O=C(N[C@H](C(=O)O)c1ccccc1)c1cnccn1. The van der Waals surface area contributed by atoms with Crippen LogP contribution in [-0.4, -0.2) is 27.0 Å². The molecule has 0 spiro atoms. The van der Waals surface area contributed by atoms with Gasteiger partial charge in [0.15, 0.2) is 6.04 Å². The van der Waals surface area contributed by atoms with E-state index < -0.39 is 17.9 Å². The van der Waals surface area contributed by atoms with Crippen molar-refractivity contribution in [3.05, 3.63) is 60.2 Å². The number of amides is 1. The molecule has 2 aromatic rings. The fraction of sp³-hybridized carbons (Fsp3) is 0.0769. The molecular formula is C13H11N3O3. The zero-order chi connectivity index (χ0) is 13.7. The summed E-state index contributed by atoms with van der Waals surface area (Å²) in [5.74, 6) is -1.72. The minimum Gasteiger partial charge on any atom is -0.479 e. The van der Waals surface area contributed by atoms with Gasteiger partial charge in [-0.2, -0.15) is 0 Å². The monoisotopic (exact) mass is 257 g/mol. The number of carboxylic acid groups (broad SMARTS) is 1. The predicted molar refractivity (Wildman–Crippen MR) is 66.3 cm³/mol.